The third-order valence-corrected chi connectivity index (χ3v) is 2.87. The zero-order chi connectivity index (χ0) is 12.8. The minimum atomic E-state index is -0.0474. The van der Waals surface area contributed by atoms with Gasteiger partial charge in [-0.1, -0.05) is 53.7 Å². The topological polar surface area (TPSA) is 26.0 Å². The zero-order valence-electron chi connectivity index (χ0n) is 11.6. The molecular formula is C15H21NO. The maximum atomic E-state index is 5.86. The van der Waals surface area contributed by atoms with Crippen molar-refractivity contribution in [3.8, 4) is 0 Å². The van der Waals surface area contributed by atoms with E-state index in [1.54, 1.807) is 0 Å². The second kappa shape index (κ2) is 3.59. The van der Waals surface area contributed by atoms with E-state index in [0.29, 0.717) is 0 Å². The van der Waals surface area contributed by atoms with Gasteiger partial charge in [0.2, 0.25) is 5.89 Å². The molecule has 2 aromatic rings. The van der Waals surface area contributed by atoms with E-state index in [1.165, 1.54) is 5.56 Å². The third kappa shape index (κ3) is 2.21. The van der Waals surface area contributed by atoms with E-state index in [2.05, 4.69) is 52.6 Å². The zero-order valence-corrected chi connectivity index (χ0v) is 11.6. The van der Waals surface area contributed by atoms with Crippen LogP contribution in [0.5, 0.6) is 0 Å². The first-order valence-corrected chi connectivity index (χ1v) is 6.10. The summed E-state index contributed by atoms with van der Waals surface area (Å²) in [5.74, 6) is 0.809. The van der Waals surface area contributed by atoms with Gasteiger partial charge in [-0.2, -0.15) is 0 Å². The molecule has 17 heavy (non-hydrogen) atoms. The van der Waals surface area contributed by atoms with Gasteiger partial charge >= 0.3 is 0 Å². The highest BCUT2D eigenvalue weighted by Gasteiger charge is 2.24. The number of rotatable bonds is 0. The first kappa shape index (κ1) is 12.2. The number of nitrogens with zero attached hydrogens (tertiary/aromatic N) is 1. The molecule has 0 N–H and O–H groups in total. The first-order valence-electron chi connectivity index (χ1n) is 6.10. The van der Waals surface area contributed by atoms with E-state index in [0.717, 1.165) is 17.0 Å². The van der Waals surface area contributed by atoms with Crippen molar-refractivity contribution in [2.24, 2.45) is 0 Å². The standard InChI is InChI=1S/C15H21NO/c1-14(2,3)10-8-7-9-11-12(10)16-13(17-11)15(4,5)6/h7-9H,1-6H3. The van der Waals surface area contributed by atoms with Gasteiger partial charge in [0.15, 0.2) is 5.58 Å². The summed E-state index contributed by atoms with van der Waals surface area (Å²) in [7, 11) is 0. The maximum absolute atomic E-state index is 5.86. The minimum Gasteiger partial charge on any atom is -0.440 e. The van der Waals surface area contributed by atoms with Crippen LogP contribution in [0.3, 0.4) is 0 Å². The molecule has 0 atom stereocenters. The number of hydrogen-bond donors (Lipinski definition) is 0. The molecule has 0 unspecified atom stereocenters. The summed E-state index contributed by atoms with van der Waals surface area (Å²) in [6.45, 7) is 13.0. The van der Waals surface area contributed by atoms with Gasteiger partial charge in [0.25, 0.3) is 0 Å². The van der Waals surface area contributed by atoms with Gasteiger partial charge in [0.1, 0.15) is 5.52 Å². The molecule has 2 heteroatoms. The summed E-state index contributed by atoms with van der Waals surface area (Å²) in [5.41, 5.74) is 3.18. The largest absolute Gasteiger partial charge is 0.440 e. The second-order valence-electron chi connectivity index (χ2n) is 6.67. The van der Waals surface area contributed by atoms with E-state index in [9.17, 15) is 0 Å². The summed E-state index contributed by atoms with van der Waals surface area (Å²) in [4.78, 5) is 4.68. The highest BCUT2D eigenvalue weighted by atomic mass is 16.3. The van der Waals surface area contributed by atoms with E-state index in [4.69, 9.17) is 4.42 Å². The summed E-state index contributed by atoms with van der Waals surface area (Å²) >= 11 is 0. The molecule has 0 amide bonds. The molecular weight excluding hydrogens is 210 g/mol. The van der Waals surface area contributed by atoms with E-state index < -0.39 is 0 Å². The number of hydrogen-bond acceptors (Lipinski definition) is 2. The highest BCUT2D eigenvalue weighted by Crippen LogP contribution is 2.32. The Morgan fingerprint density at radius 1 is 0.941 bits per heavy atom. The van der Waals surface area contributed by atoms with Crippen LogP contribution in [0.15, 0.2) is 22.6 Å². The fourth-order valence-corrected chi connectivity index (χ4v) is 1.87. The van der Waals surface area contributed by atoms with Gasteiger partial charge in [-0.25, -0.2) is 4.98 Å². The maximum Gasteiger partial charge on any atom is 0.200 e. The van der Waals surface area contributed by atoms with Crippen molar-refractivity contribution in [2.45, 2.75) is 52.4 Å². The molecule has 0 aliphatic rings. The fourth-order valence-electron chi connectivity index (χ4n) is 1.87. The Morgan fingerprint density at radius 2 is 1.59 bits per heavy atom. The van der Waals surface area contributed by atoms with Gasteiger partial charge in [0, 0.05) is 5.41 Å². The van der Waals surface area contributed by atoms with Crippen LogP contribution in [-0.2, 0) is 10.8 Å². The van der Waals surface area contributed by atoms with Crippen LogP contribution >= 0.6 is 0 Å². The Kier molecular flexibility index (Phi) is 2.57. The number of aromatic nitrogens is 1. The number of para-hydroxylation sites is 1. The fraction of sp³-hybridized carbons (Fsp3) is 0.533. The molecule has 2 rings (SSSR count). The van der Waals surface area contributed by atoms with Gasteiger partial charge in [0.05, 0.1) is 0 Å². The molecule has 92 valence electrons. The van der Waals surface area contributed by atoms with Gasteiger partial charge in [-0.3, -0.25) is 0 Å². The SMILES string of the molecule is CC(C)(C)c1nc2c(C(C)(C)C)cccc2o1. The van der Waals surface area contributed by atoms with Crippen molar-refractivity contribution in [2.75, 3.05) is 0 Å². The van der Waals surface area contributed by atoms with Crippen molar-refractivity contribution in [1.82, 2.24) is 4.98 Å². The Bertz CT molecular complexity index is 538. The molecule has 2 nitrogen and oxygen atoms in total. The van der Waals surface area contributed by atoms with Crippen LogP contribution in [0.25, 0.3) is 11.1 Å². The predicted molar refractivity (Wildman–Crippen MR) is 71.4 cm³/mol. The summed E-state index contributed by atoms with van der Waals surface area (Å²) in [5, 5.41) is 0. The lowest BCUT2D eigenvalue weighted by Gasteiger charge is -2.18. The lowest BCUT2D eigenvalue weighted by atomic mass is 9.86. The number of fused-ring (bicyclic) bond motifs is 1. The van der Waals surface area contributed by atoms with Crippen LogP contribution in [0, 0.1) is 0 Å². The Balaban J connectivity index is 2.70. The summed E-state index contributed by atoms with van der Waals surface area (Å²) in [6, 6.07) is 6.17. The minimum absolute atomic E-state index is 0.0474. The Morgan fingerprint density at radius 3 is 2.12 bits per heavy atom. The molecule has 0 fully saturated rings. The van der Waals surface area contributed by atoms with E-state index in [-0.39, 0.29) is 10.8 Å². The van der Waals surface area contributed by atoms with Crippen LogP contribution in [0.1, 0.15) is 53.0 Å². The van der Waals surface area contributed by atoms with Crippen molar-refractivity contribution >= 4 is 11.1 Å². The molecule has 0 aliphatic carbocycles. The predicted octanol–water partition coefficient (Wildman–Crippen LogP) is 4.42. The van der Waals surface area contributed by atoms with E-state index in [1.807, 2.05) is 12.1 Å². The van der Waals surface area contributed by atoms with Gasteiger partial charge in [-0.05, 0) is 17.0 Å². The van der Waals surface area contributed by atoms with E-state index >= 15 is 0 Å². The highest BCUT2D eigenvalue weighted by molar-refractivity contribution is 5.78. The van der Waals surface area contributed by atoms with Gasteiger partial charge < -0.3 is 4.42 Å². The normalized spacial score (nSPS) is 13.3. The quantitative estimate of drug-likeness (QED) is 0.670. The molecule has 0 saturated carbocycles. The van der Waals surface area contributed by atoms with Crippen molar-refractivity contribution in [1.29, 1.82) is 0 Å². The first-order chi connectivity index (χ1) is 7.69. The molecule has 0 spiro atoms. The molecule has 1 aromatic carbocycles. The van der Waals surface area contributed by atoms with Crippen molar-refractivity contribution in [3.05, 3.63) is 29.7 Å². The Hall–Kier alpha value is -1.31. The van der Waals surface area contributed by atoms with Crippen LogP contribution in [0.4, 0.5) is 0 Å². The monoisotopic (exact) mass is 231 g/mol. The molecule has 0 radical (unpaired) electrons. The van der Waals surface area contributed by atoms with Crippen molar-refractivity contribution in [3.63, 3.8) is 0 Å². The summed E-state index contributed by atoms with van der Waals surface area (Å²) < 4.78 is 5.86. The average molecular weight is 231 g/mol. The third-order valence-electron chi connectivity index (χ3n) is 2.87. The number of benzene rings is 1. The van der Waals surface area contributed by atoms with Crippen LogP contribution in [-0.4, -0.2) is 4.98 Å². The smallest absolute Gasteiger partial charge is 0.200 e. The number of oxazole rings is 1. The molecule has 0 aliphatic heterocycles. The second-order valence-corrected chi connectivity index (χ2v) is 6.67. The summed E-state index contributed by atoms with van der Waals surface area (Å²) in [6.07, 6.45) is 0. The lowest BCUT2D eigenvalue weighted by molar-refractivity contribution is 0.411. The van der Waals surface area contributed by atoms with Crippen LogP contribution in [0.2, 0.25) is 0 Å². The lowest BCUT2D eigenvalue weighted by Crippen LogP contribution is -2.13. The molecule has 0 saturated heterocycles. The van der Waals surface area contributed by atoms with Crippen molar-refractivity contribution < 1.29 is 4.42 Å². The van der Waals surface area contributed by atoms with Crippen LogP contribution < -0.4 is 0 Å². The average Bonchev–Trinajstić information content (AvgIpc) is 2.57. The Labute approximate surface area is 103 Å². The molecule has 1 aromatic heterocycles. The van der Waals surface area contributed by atoms with Gasteiger partial charge in [-0.15, -0.1) is 0 Å². The molecule has 0 bridgehead atoms. The molecule has 1 heterocycles.